The van der Waals surface area contributed by atoms with Gasteiger partial charge in [0, 0.05) is 24.3 Å². The second kappa shape index (κ2) is 8.23. The van der Waals surface area contributed by atoms with Crippen LogP contribution in [0.5, 0.6) is 0 Å². The summed E-state index contributed by atoms with van der Waals surface area (Å²) in [6.45, 7) is 4.93. The Kier molecular flexibility index (Phi) is 5.97. The summed E-state index contributed by atoms with van der Waals surface area (Å²) in [5.74, 6) is -0.288. The molecule has 1 aliphatic rings. The number of aryl methyl sites for hydroxylation is 2. The maximum Gasteiger partial charge on any atom is 0.255 e. The zero-order valence-corrected chi connectivity index (χ0v) is 16.7. The third kappa shape index (κ3) is 4.22. The smallest absolute Gasteiger partial charge is 0.255 e. The molecular weight excluding hydrogens is 360 g/mol. The van der Waals surface area contributed by atoms with Crippen LogP contribution in [0.4, 0.5) is 5.69 Å². The summed E-state index contributed by atoms with van der Waals surface area (Å²) in [5.41, 5.74) is 2.94. The molecule has 1 amide bonds. The number of hydrogen-bond donors (Lipinski definition) is 1. The first-order valence-corrected chi connectivity index (χ1v) is 10.9. The van der Waals surface area contributed by atoms with Crippen molar-refractivity contribution < 1.29 is 13.2 Å². The van der Waals surface area contributed by atoms with Crippen molar-refractivity contribution in [2.75, 3.05) is 18.4 Å². The zero-order valence-electron chi connectivity index (χ0n) is 15.9. The molecule has 0 bridgehead atoms. The highest BCUT2D eigenvalue weighted by molar-refractivity contribution is 7.89. The highest BCUT2D eigenvalue weighted by Crippen LogP contribution is 2.24. The Hall–Kier alpha value is -2.18. The third-order valence-electron chi connectivity index (χ3n) is 5.05. The molecule has 0 radical (unpaired) electrons. The van der Waals surface area contributed by atoms with Crippen molar-refractivity contribution in [1.29, 1.82) is 0 Å². The molecule has 2 aromatic rings. The van der Waals surface area contributed by atoms with E-state index in [-0.39, 0.29) is 10.8 Å². The van der Waals surface area contributed by atoms with Gasteiger partial charge in [0.05, 0.1) is 4.90 Å². The number of amides is 1. The van der Waals surface area contributed by atoms with E-state index in [4.69, 9.17) is 0 Å². The monoisotopic (exact) mass is 386 g/mol. The van der Waals surface area contributed by atoms with Gasteiger partial charge in [-0.15, -0.1) is 0 Å². The number of nitrogens with one attached hydrogen (secondary N) is 1. The van der Waals surface area contributed by atoms with Gasteiger partial charge >= 0.3 is 0 Å². The van der Waals surface area contributed by atoms with Crippen LogP contribution in [-0.2, 0) is 16.4 Å². The molecule has 0 spiro atoms. The fourth-order valence-corrected chi connectivity index (χ4v) is 4.94. The summed E-state index contributed by atoms with van der Waals surface area (Å²) in [5, 5.41) is 2.93. The lowest BCUT2D eigenvalue weighted by atomic mass is 10.1. The van der Waals surface area contributed by atoms with Crippen LogP contribution in [-0.4, -0.2) is 31.7 Å². The first-order valence-electron chi connectivity index (χ1n) is 9.43. The summed E-state index contributed by atoms with van der Waals surface area (Å²) in [6.07, 6.45) is 3.63. The summed E-state index contributed by atoms with van der Waals surface area (Å²) in [7, 11) is -3.57. The molecule has 144 valence electrons. The summed E-state index contributed by atoms with van der Waals surface area (Å²) >= 11 is 0. The van der Waals surface area contributed by atoms with Crippen molar-refractivity contribution in [3.05, 3.63) is 59.2 Å². The Morgan fingerprint density at radius 3 is 2.48 bits per heavy atom. The molecule has 0 aromatic heterocycles. The van der Waals surface area contributed by atoms with Crippen molar-refractivity contribution in [3.8, 4) is 0 Å². The Morgan fingerprint density at radius 1 is 1.07 bits per heavy atom. The van der Waals surface area contributed by atoms with Crippen LogP contribution in [0.1, 0.15) is 47.7 Å². The van der Waals surface area contributed by atoms with Crippen LogP contribution < -0.4 is 5.32 Å². The molecule has 0 atom stereocenters. The Labute approximate surface area is 161 Å². The van der Waals surface area contributed by atoms with Crippen molar-refractivity contribution in [2.45, 2.75) is 44.4 Å². The molecule has 1 N–H and O–H groups in total. The predicted octanol–water partition coefficient (Wildman–Crippen LogP) is 3.98. The van der Waals surface area contributed by atoms with E-state index in [1.165, 1.54) is 10.4 Å². The molecule has 1 aliphatic heterocycles. The Balaban J connectivity index is 1.90. The lowest BCUT2D eigenvalue weighted by molar-refractivity contribution is 0.102. The minimum atomic E-state index is -3.57. The average molecular weight is 387 g/mol. The molecule has 1 heterocycles. The number of piperidine rings is 1. The van der Waals surface area contributed by atoms with Crippen LogP contribution >= 0.6 is 0 Å². The molecule has 5 nitrogen and oxygen atoms in total. The number of hydrogen-bond acceptors (Lipinski definition) is 3. The largest absolute Gasteiger partial charge is 0.322 e. The fourth-order valence-electron chi connectivity index (χ4n) is 3.40. The first kappa shape index (κ1) is 19.6. The van der Waals surface area contributed by atoms with Gasteiger partial charge in [-0.05, 0) is 55.5 Å². The first-order chi connectivity index (χ1) is 12.9. The van der Waals surface area contributed by atoms with Crippen molar-refractivity contribution >= 4 is 21.6 Å². The van der Waals surface area contributed by atoms with E-state index in [0.717, 1.165) is 42.5 Å². The van der Waals surface area contributed by atoms with Crippen LogP contribution in [0.15, 0.2) is 47.4 Å². The second-order valence-electron chi connectivity index (χ2n) is 6.91. The number of carbonyl (C=O) groups is 1. The molecule has 1 fully saturated rings. The fraction of sp³-hybridized carbons (Fsp3) is 0.381. The van der Waals surface area contributed by atoms with E-state index < -0.39 is 10.0 Å². The van der Waals surface area contributed by atoms with E-state index in [0.29, 0.717) is 18.7 Å². The van der Waals surface area contributed by atoms with Crippen LogP contribution in [0.2, 0.25) is 0 Å². The van der Waals surface area contributed by atoms with Crippen molar-refractivity contribution in [1.82, 2.24) is 4.31 Å². The SMILES string of the molecule is CCc1ccccc1NC(=O)c1cc(S(=O)(=O)N2CCCCC2)ccc1C. The molecule has 27 heavy (non-hydrogen) atoms. The van der Waals surface area contributed by atoms with Gasteiger partial charge < -0.3 is 5.32 Å². The van der Waals surface area contributed by atoms with Gasteiger partial charge in [-0.2, -0.15) is 4.31 Å². The Morgan fingerprint density at radius 2 is 1.78 bits per heavy atom. The van der Waals surface area contributed by atoms with E-state index in [2.05, 4.69) is 5.32 Å². The maximum absolute atomic E-state index is 12.9. The predicted molar refractivity (Wildman–Crippen MR) is 108 cm³/mol. The van der Waals surface area contributed by atoms with Crippen LogP contribution in [0, 0.1) is 6.92 Å². The van der Waals surface area contributed by atoms with Crippen LogP contribution in [0.3, 0.4) is 0 Å². The number of sulfonamides is 1. The number of anilines is 1. The van der Waals surface area contributed by atoms with Gasteiger partial charge in [0.2, 0.25) is 10.0 Å². The molecule has 3 rings (SSSR count). The molecule has 2 aromatic carbocycles. The normalized spacial score (nSPS) is 15.5. The van der Waals surface area contributed by atoms with Gasteiger partial charge in [0.25, 0.3) is 5.91 Å². The molecule has 0 saturated carbocycles. The summed E-state index contributed by atoms with van der Waals surface area (Å²) in [4.78, 5) is 13.0. The van der Waals surface area contributed by atoms with E-state index >= 15 is 0 Å². The third-order valence-corrected chi connectivity index (χ3v) is 6.95. The molecule has 0 aliphatic carbocycles. The van der Waals surface area contributed by atoms with Crippen molar-refractivity contribution in [2.24, 2.45) is 0 Å². The number of benzene rings is 2. The van der Waals surface area contributed by atoms with Gasteiger partial charge in [-0.3, -0.25) is 4.79 Å². The second-order valence-corrected chi connectivity index (χ2v) is 8.84. The number of para-hydroxylation sites is 1. The number of carbonyl (C=O) groups excluding carboxylic acids is 1. The molecular formula is C21H26N2O3S. The topological polar surface area (TPSA) is 66.5 Å². The van der Waals surface area contributed by atoms with Gasteiger partial charge in [-0.1, -0.05) is 37.6 Å². The minimum Gasteiger partial charge on any atom is -0.322 e. The highest BCUT2D eigenvalue weighted by atomic mass is 32.2. The van der Waals surface area contributed by atoms with Crippen molar-refractivity contribution in [3.63, 3.8) is 0 Å². The summed E-state index contributed by atoms with van der Waals surface area (Å²) < 4.78 is 27.4. The number of rotatable bonds is 5. The summed E-state index contributed by atoms with van der Waals surface area (Å²) in [6, 6.07) is 12.4. The lowest BCUT2D eigenvalue weighted by Crippen LogP contribution is -2.35. The van der Waals surface area contributed by atoms with Gasteiger partial charge in [0.15, 0.2) is 0 Å². The molecule has 0 unspecified atom stereocenters. The van der Waals surface area contributed by atoms with Gasteiger partial charge in [-0.25, -0.2) is 8.42 Å². The maximum atomic E-state index is 12.9. The van der Waals surface area contributed by atoms with Gasteiger partial charge in [0.1, 0.15) is 0 Å². The average Bonchev–Trinajstić information content (AvgIpc) is 2.69. The van der Waals surface area contributed by atoms with Crippen LogP contribution in [0.25, 0.3) is 0 Å². The molecule has 6 heteroatoms. The minimum absolute atomic E-state index is 0.184. The van der Waals surface area contributed by atoms with E-state index in [9.17, 15) is 13.2 Å². The van der Waals surface area contributed by atoms with E-state index in [1.807, 2.05) is 38.1 Å². The van der Waals surface area contributed by atoms with E-state index in [1.54, 1.807) is 12.1 Å². The zero-order chi connectivity index (χ0) is 19.4. The standard InChI is InChI=1S/C21H26N2O3S/c1-3-17-9-5-6-10-20(17)22-21(24)19-15-18(12-11-16(19)2)27(25,26)23-13-7-4-8-14-23/h5-6,9-12,15H,3-4,7-8,13-14H2,1-2H3,(H,22,24). The highest BCUT2D eigenvalue weighted by Gasteiger charge is 2.27. The lowest BCUT2D eigenvalue weighted by Gasteiger charge is -2.26. The number of nitrogens with zero attached hydrogens (tertiary/aromatic N) is 1. The quantitative estimate of drug-likeness (QED) is 0.845. The Bertz CT molecular complexity index is 932. The molecule has 1 saturated heterocycles.